The number of ether oxygens (including phenoxy) is 1. The van der Waals surface area contributed by atoms with Gasteiger partial charge in [-0.15, -0.1) is 0 Å². The number of aromatic nitrogens is 2. The average molecular weight is 638 g/mol. The van der Waals surface area contributed by atoms with Crippen LogP contribution >= 0.6 is 0 Å². The number of halogens is 4. The third-order valence-corrected chi connectivity index (χ3v) is 8.20. The van der Waals surface area contributed by atoms with Crippen molar-refractivity contribution in [2.24, 2.45) is 5.92 Å². The van der Waals surface area contributed by atoms with Crippen LogP contribution in [0, 0.1) is 13.1 Å². The van der Waals surface area contributed by atoms with E-state index in [1.165, 1.54) is 24.6 Å². The molecule has 0 spiro atoms. The van der Waals surface area contributed by atoms with Crippen LogP contribution in [-0.4, -0.2) is 24.2 Å². The average Bonchev–Trinajstić information content (AvgIpc) is 2.84. The van der Waals surface area contributed by atoms with Gasteiger partial charge in [-0.25, -0.2) is 4.79 Å². The van der Waals surface area contributed by atoms with Crippen LogP contribution in [0.4, 0.5) is 13.2 Å². The van der Waals surface area contributed by atoms with Crippen LogP contribution in [0.25, 0.3) is 0 Å². The van der Waals surface area contributed by atoms with Gasteiger partial charge < -0.3 is 14.3 Å². The van der Waals surface area contributed by atoms with Gasteiger partial charge in [0.25, 0.3) is 3.57 Å². The van der Waals surface area contributed by atoms with Crippen molar-refractivity contribution in [1.29, 1.82) is 0 Å². The molecule has 196 valence electrons. The van der Waals surface area contributed by atoms with Crippen molar-refractivity contribution < 1.29 is 47.9 Å². The minimum atomic E-state index is -5.08. The van der Waals surface area contributed by atoms with Crippen molar-refractivity contribution in [1.82, 2.24) is 9.97 Å². The second-order valence-electron chi connectivity index (χ2n) is 7.64. The van der Waals surface area contributed by atoms with Gasteiger partial charge in [-0.3, -0.25) is 14.0 Å². The van der Waals surface area contributed by atoms with Gasteiger partial charge in [0.2, 0.25) is 0 Å². The summed E-state index contributed by atoms with van der Waals surface area (Å²) < 4.78 is 57.1. The molecule has 0 radical (unpaired) electrons. The maximum Gasteiger partial charge on any atom is 0.458 e. The zero-order valence-electron chi connectivity index (χ0n) is 19.6. The third kappa shape index (κ3) is 10.3. The van der Waals surface area contributed by atoms with Gasteiger partial charge in [-0.05, 0) is 47.7 Å². The highest BCUT2D eigenvalue weighted by molar-refractivity contribution is 7.80. The first-order valence-corrected chi connectivity index (χ1v) is 14.2. The summed E-state index contributed by atoms with van der Waals surface area (Å²) in [5.41, 5.74) is -3.34. The van der Waals surface area contributed by atoms with Crippen molar-refractivity contribution >= 4 is 11.1 Å². The normalized spacial score (nSPS) is 12.1. The second kappa shape index (κ2) is 14.3. The summed E-state index contributed by atoms with van der Waals surface area (Å²) in [6.07, 6.45) is 5.08. The SMILES string of the molecule is CCC(CC)Cc1ccc(COc2ccc([I+]c3c[nH]c(=O)[nH]c3=O)cc2)cc1.O=S([O-])C(F)(F)F. The van der Waals surface area contributed by atoms with Gasteiger partial charge in [-0.1, -0.05) is 51.0 Å². The molecule has 12 heteroatoms. The Morgan fingerprint density at radius 2 is 1.56 bits per heavy atom. The Hall–Kier alpha value is -2.45. The van der Waals surface area contributed by atoms with Crippen molar-refractivity contribution in [2.45, 2.75) is 45.2 Å². The molecule has 0 aliphatic carbocycles. The molecule has 3 rings (SSSR count). The maximum atomic E-state index is 11.8. The minimum absolute atomic E-state index is 0.311. The van der Waals surface area contributed by atoms with E-state index in [9.17, 15) is 22.8 Å². The topological polar surface area (TPSA) is 115 Å². The Balaban J connectivity index is 0.000000572. The van der Waals surface area contributed by atoms with Gasteiger partial charge in [-0.2, -0.15) is 13.2 Å². The summed E-state index contributed by atoms with van der Waals surface area (Å²) in [7, 11) is 0. The maximum absolute atomic E-state index is 11.8. The molecule has 1 heterocycles. The number of benzene rings is 2. The zero-order chi connectivity index (χ0) is 26.7. The van der Waals surface area contributed by atoms with Gasteiger partial charge in [0.05, 0.1) is 17.3 Å². The number of H-pyrrole nitrogens is 2. The Bertz CT molecular complexity index is 1220. The number of hydrogen-bond donors (Lipinski definition) is 2. The summed E-state index contributed by atoms with van der Waals surface area (Å²) in [6, 6.07) is 16.5. The van der Waals surface area contributed by atoms with Crippen LogP contribution in [0.3, 0.4) is 0 Å². The van der Waals surface area contributed by atoms with E-state index in [4.69, 9.17) is 13.5 Å². The number of hydrogen-bond acceptors (Lipinski definition) is 5. The first kappa shape index (κ1) is 29.8. The Kier molecular flexibility index (Phi) is 11.9. The molecule has 2 aromatic carbocycles. The van der Waals surface area contributed by atoms with Crippen LogP contribution in [0.15, 0.2) is 64.3 Å². The molecule has 1 aromatic heterocycles. The smallest absolute Gasteiger partial charge is 0.458 e. The second-order valence-corrected chi connectivity index (χ2v) is 11.5. The molecule has 0 amide bonds. The third-order valence-electron chi connectivity index (χ3n) is 5.10. The van der Waals surface area contributed by atoms with E-state index >= 15 is 0 Å². The highest BCUT2D eigenvalue weighted by Crippen LogP contribution is 2.18. The predicted molar refractivity (Wildman–Crippen MR) is 125 cm³/mol. The number of nitrogens with one attached hydrogen (secondary N) is 2. The van der Waals surface area contributed by atoms with Crippen LogP contribution in [0.1, 0.15) is 37.8 Å². The van der Waals surface area contributed by atoms with E-state index in [2.05, 4.69) is 48.1 Å². The lowest BCUT2D eigenvalue weighted by Gasteiger charge is -2.12. The van der Waals surface area contributed by atoms with E-state index in [1.807, 2.05) is 24.3 Å². The molecule has 2 N–H and O–H groups in total. The lowest BCUT2D eigenvalue weighted by Crippen LogP contribution is -3.62. The molecule has 0 aliphatic heterocycles. The molecule has 0 saturated heterocycles. The largest absolute Gasteiger partial charge is 0.766 e. The summed E-state index contributed by atoms with van der Waals surface area (Å²) >= 11 is -4.59. The molecule has 1 atom stereocenters. The van der Waals surface area contributed by atoms with Crippen LogP contribution in [-0.2, 0) is 24.1 Å². The zero-order valence-corrected chi connectivity index (χ0v) is 22.5. The molecule has 3 aromatic rings. The van der Waals surface area contributed by atoms with E-state index in [-0.39, 0.29) is 5.56 Å². The van der Waals surface area contributed by atoms with E-state index < -0.39 is 43.5 Å². The van der Waals surface area contributed by atoms with Crippen molar-refractivity contribution in [3.63, 3.8) is 0 Å². The van der Waals surface area contributed by atoms with Crippen molar-refractivity contribution in [3.05, 3.63) is 93.8 Å². The fraction of sp³-hybridized carbons (Fsp3) is 0.333. The molecule has 7 nitrogen and oxygen atoms in total. The van der Waals surface area contributed by atoms with E-state index in [0.717, 1.165) is 27.2 Å². The lowest BCUT2D eigenvalue weighted by molar-refractivity contribution is -0.599. The first-order valence-electron chi connectivity index (χ1n) is 10.9. The lowest BCUT2D eigenvalue weighted by atomic mass is 9.94. The molecule has 0 saturated carbocycles. The summed E-state index contributed by atoms with van der Waals surface area (Å²) in [5.74, 6) is 1.55. The Morgan fingerprint density at radius 3 is 2.06 bits per heavy atom. The van der Waals surface area contributed by atoms with Crippen LogP contribution in [0.2, 0.25) is 0 Å². The van der Waals surface area contributed by atoms with E-state index in [1.54, 1.807) is 0 Å². The molecule has 0 fully saturated rings. The molecule has 0 aliphatic rings. The fourth-order valence-corrected chi connectivity index (χ4v) is 5.11. The highest BCUT2D eigenvalue weighted by Gasteiger charge is 2.28. The summed E-state index contributed by atoms with van der Waals surface area (Å²) in [6.45, 7) is 5.03. The standard InChI is InChI=1S/C23H25IN2O3.CHF3O2S/c1-3-16(4-2)13-17-5-7-18(8-6-17)15-29-20-11-9-19(10-12-20)24-21-14-25-23(28)26-22(21)27;2-1(3,4)7(5)6/h5-12,14,16H,3-4,13,15H2,1-2H3,(H-,25,26,27,28);(H,5,6). The minimum Gasteiger partial charge on any atom is -0.766 e. The first-order chi connectivity index (χ1) is 17.0. The summed E-state index contributed by atoms with van der Waals surface area (Å²) in [5, 5.41) is 0. The molecular weight excluding hydrogens is 612 g/mol. The monoisotopic (exact) mass is 638 g/mol. The predicted octanol–water partition coefficient (Wildman–Crippen LogP) is 1.13. The molecule has 0 bridgehead atoms. The van der Waals surface area contributed by atoms with Gasteiger partial charge in [0.15, 0.2) is 3.57 Å². The number of alkyl halides is 3. The fourth-order valence-electron chi connectivity index (χ4n) is 3.02. The van der Waals surface area contributed by atoms with E-state index in [0.29, 0.717) is 10.2 Å². The van der Waals surface area contributed by atoms with Crippen molar-refractivity contribution in [3.8, 4) is 5.75 Å². The Morgan fingerprint density at radius 1 is 1.00 bits per heavy atom. The van der Waals surface area contributed by atoms with Crippen LogP contribution < -0.4 is 37.2 Å². The summed E-state index contributed by atoms with van der Waals surface area (Å²) in [4.78, 5) is 27.7. The highest BCUT2D eigenvalue weighted by atomic mass is 127. The number of aromatic amines is 2. The van der Waals surface area contributed by atoms with Gasteiger partial charge in [0, 0.05) is 0 Å². The molecule has 1 unspecified atom stereocenters. The van der Waals surface area contributed by atoms with Gasteiger partial charge in [0.1, 0.15) is 12.4 Å². The Labute approximate surface area is 219 Å². The quantitative estimate of drug-likeness (QED) is 0.270. The van der Waals surface area contributed by atoms with Crippen LogP contribution in [0.5, 0.6) is 5.75 Å². The molecule has 36 heavy (non-hydrogen) atoms. The van der Waals surface area contributed by atoms with Crippen molar-refractivity contribution in [2.75, 3.05) is 0 Å². The van der Waals surface area contributed by atoms with Gasteiger partial charge >= 0.3 is 38.0 Å². The number of rotatable bonds is 9. The molecular formula is C24H26F3IN2O5S.